The standard InChI is InChI=1S/C27H31ClN4O4/c1-15(2)31-22(21-14-29-27(35-5)30-25(21)34-4)13-20-24(31)23(19-7-6-17(28)12-16(19)3)32(26(20)33)18-8-10-36-11-9-18/h6-7,12-15,18,23H,8-11H2,1-5H3. The molecule has 0 spiro atoms. The molecule has 8 nitrogen and oxygen atoms in total. The van der Waals surface area contributed by atoms with Crippen LogP contribution in [0.2, 0.25) is 5.02 Å². The van der Waals surface area contributed by atoms with Crippen molar-refractivity contribution in [1.82, 2.24) is 19.4 Å². The number of hydrogen-bond donors (Lipinski definition) is 0. The van der Waals surface area contributed by atoms with E-state index >= 15 is 0 Å². The van der Waals surface area contributed by atoms with Gasteiger partial charge in [0.05, 0.1) is 42.8 Å². The second-order valence-corrected chi connectivity index (χ2v) is 9.97. The molecular formula is C27H31ClN4O4. The van der Waals surface area contributed by atoms with Gasteiger partial charge in [0.25, 0.3) is 5.91 Å². The predicted molar refractivity (Wildman–Crippen MR) is 137 cm³/mol. The Morgan fingerprint density at radius 3 is 2.50 bits per heavy atom. The largest absolute Gasteiger partial charge is 0.480 e. The summed E-state index contributed by atoms with van der Waals surface area (Å²) in [4.78, 5) is 24.9. The lowest BCUT2D eigenvalue weighted by Gasteiger charge is -2.37. The summed E-state index contributed by atoms with van der Waals surface area (Å²) in [6.45, 7) is 7.60. The van der Waals surface area contributed by atoms with Gasteiger partial charge in [-0.25, -0.2) is 4.98 Å². The molecule has 5 rings (SSSR count). The first kappa shape index (κ1) is 24.6. The third-order valence-electron chi connectivity index (χ3n) is 7.09. The van der Waals surface area contributed by atoms with Crippen LogP contribution >= 0.6 is 11.6 Å². The van der Waals surface area contributed by atoms with Gasteiger partial charge in [-0.2, -0.15) is 4.98 Å². The molecule has 1 saturated heterocycles. The van der Waals surface area contributed by atoms with E-state index in [1.54, 1.807) is 13.3 Å². The quantitative estimate of drug-likeness (QED) is 0.452. The molecule has 1 unspecified atom stereocenters. The average Bonchev–Trinajstić information content (AvgIpc) is 3.39. The molecular weight excluding hydrogens is 480 g/mol. The summed E-state index contributed by atoms with van der Waals surface area (Å²) >= 11 is 6.32. The Morgan fingerprint density at radius 2 is 1.86 bits per heavy atom. The van der Waals surface area contributed by atoms with Crippen molar-refractivity contribution in [2.45, 2.75) is 51.7 Å². The van der Waals surface area contributed by atoms with Gasteiger partial charge in [0.1, 0.15) is 0 Å². The summed E-state index contributed by atoms with van der Waals surface area (Å²) < 4.78 is 18.6. The lowest BCUT2D eigenvalue weighted by atomic mass is 9.96. The number of aryl methyl sites for hydroxylation is 1. The molecule has 190 valence electrons. The summed E-state index contributed by atoms with van der Waals surface area (Å²) in [6, 6.07) is 8.02. The maximum absolute atomic E-state index is 14.1. The summed E-state index contributed by atoms with van der Waals surface area (Å²) in [5, 5.41) is 0.679. The number of rotatable bonds is 6. The third kappa shape index (κ3) is 4.02. The van der Waals surface area contributed by atoms with Crippen LogP contribution in [-0.4, -0.2) is 58.8 Å². The Kier molecular flexibility index (Phi) is 6.66. The zero-order valence-electron chi connectivity index (χ0n) is 21.2. The van der Waals surface area contributed by atoms with Crippen LogP contribution in [0.4, 0.5) is 0 Å². The molecule has 1 fully saturated rings. The number of benzene rings is 1. The van der Waals surface area contributed by atoms with Crippen LogP contribution in [0.15, 0.2) is 30.5 Å². The van der Waals surface area contributed by atoms with Crippen molar-refractivity contribution in [1.29, 1.82) is 0 Å². The van der Waals surface area contributed by atoms with Gasteiger partial charge >= 0.3 is 6.01 Å². The van der Waals surface area contributed by atoms with E-state index in [2.05, 4.69) is 40.2 Å². The molecule has 1 atom stereocenters. The summed E-state index contributed by atoms with van der Waals surface area (Å²) in [7, 11) is 3.09. The normalized spacial score (nSPS) is 18.1. The lowest BCUT2D eigenvalue weighted by Crippen LogP contribution is -2.42. The number of hydrogen-bond acceptors (Lipinski definition) is 6. The Balaban J connectivity index is 1.74. The van der Waals surface area contributed by atoms with Gasteiger partial charge < -0.3 is 23.7 Å². The first-order valence-electron chi connectivity index (χ1n) is 12.2. The van der Waals surface area contributed by atoms with E-state index in [-0.39, 0.29) is 30.0 Å². The molecule has 2 aliphatic rings. The highest BCUT2D eigenvalue weighted by molar-refractivity contribution is 6.30. The third-order valence-corrected chi connectivity index (χ3v) is 7.32. The Labute approximate surface area is 216 Å². The van der Waals surface area contributed by atoms with Crippen LogP contribution in [-0.2, 0) is 4.74 Å². The fourth-order valence-electron chi connectivity index (χ4n) is 5.51. The molecule has 1 aromatic carbocycles. The highest BCUT2D eigenvalue weighted by atomic mass is 35.5. The number of nitrogens with zero attached hydrogens (tertiary/aromatic N) is 4. The van der Waals surface area contributed by atoms with Crippen molar-refractivity contribution in [3.63, 3.8) is 0 Å². The van der Waals surface area contributed by atoms with Gasteiger partial charge in [-0.1, -0.05) is 17.7 Å². The maximum Gasteiger partial charge on any atom is 0.319 e. The SMILES string of the molecule is COc1ncc(-c2cc3c(n2C(C)C)C(c2ccc(Cl)cc2C)N(C2CCOCC2)C3=O)c(OC)n1. The van der Waals surface area contributed by atoms with E-state index in [0.717, 1.165) is 35.4 Å². The van der Waals surface area contributed by atoms with Gasteiger partial charge in [-0.15, -0.1) is 0 Å². The van der Waals surface area contributed by atoms with E-state index < -0.39 is 0 Å². The Hall–Kier alpha value is -3.10. The fraction of sp³-hybridized carbons (Fsp3) is 0.444. The fourth-order valence-corrected chi connectivity index (χ4v) is 5.73. The van der Waals surface area contributed by atoms with Gasteiger partial charge in [0, 0.05) is 36.5 Å². The minimum absolute atomic E-state index is 0.0327. The molecule has 1 amide bonds. The molecule has 3 aromatic rings. The Morgan fingerprint density at radius 1 is 1.11 bits per heavy atom. The number of aromatic nitrogens is 3. The van der Waals surface area contributed by atoms with Crippen LogP contribution < -0.4 is 9.47 Å². The minimum Gasteiger partial charge on any atom is -0.480 e. The average molecular weight is 511 g/mol. The second-order valence-electron chi connectivity index (χ2n) is 9.53. The summed E-state index contributed by atoms with van der Waals surface area (Å²) in [5.41, 5.74) is 5.34. The summed E-state index contributed by atoms with van der Waals surface area (Å²) in [6.07, 6.45) is 3.32. The first-order chi connectivity index (χ1) is 17.3. The van der Waals surface area contributed by atoms with Gasteiger partial charge in [-0.3, -0.25) is 4.79 Å². The van der Waals surface area contributed by atoms with Gasteiger partial charge in [0.15, 0.2) is 0 Å². The van der Waals surface area contributed by atoms with E-state index in [1.807, 2.05) is 24.3 Å². The molecule has 0 N–H and O–H groups in total. The highest BCUT2D eigenvalue weighted by Crippen LogP contribution is 2.47. The number of methoxy groups -OCH3 is 2. The van der Waals surface area contributed by atoms with Crippen LogP contribution in [0, 0.1) is 6.92 Å². The molecule has 9 heteroatoms. The maximum atomic E-state index is 14.1. The van der Waals surface area contributed by atoms with Crippen LogP contribution in [0.25, 0.3) is 11.3 Å². The molecule has 0 bridgehead atoms. The van der Waals surface area contributed by atoms with Crippen molar-refractivity contribution in [2.75, 3.05) is 27.4 Å². The summed E-state index contributed by atoms with van der Waals surface area (Å²) in [5.74, 6) is 0.429. The number of amides is 1. The molecule has 0 aliphatic carbocycles. The Bertz CT molecular complexity index is 1300. The minimum atomic E-state index is -0.242. The molecule has 0 radical (unpaired) electrons. The zero-order chi connectivity index (χ0) is 25.6. The van der Waals surface area contributed by atoms with Crippen molar-refractivity contribution in [3.05, 3.63) is 57.9 Å². The zero-order valence-corrected chi connectivity index (χ0v) is 22.0. The molecule has 36 heavy (non-hydrogen) atoms. The molecule has 0 saturated carbocycles. The van der Waals surface area contributed by atoms with E-state index in [4.69, 9.17) is 25.8 Å². The molecule has 4 heterocycles. The number of carbonyl (C=O) groups is 1. The number of carbonyl (C=O) groups excluding carboxylic acids is 1. The van der Waals surface area contributed by atoms with E-state index in [9.17, 15) is 4.79 Å². The van der Waals surface area contributed by atoms with Crippen LogP contribution in [0.3, 0.4) is 0 Å². The highest BCUT2D eigenvalue weighted by Gasteiger charge is 2.46. The topological polar surface area (TPSA) is 78.7 Å². The van der Waals surface area contributed by atoms with Crippen molar-refractivity contribution in [3.8, 4) is 23.1 Å². The second kappa shape index (κ2) is 9.75. The van der Waals surface area contributed by atoms with Crippen molar-refractivity contribution >= 4 is 17.5 Å². The monoisotopic (exact) mass is 510 g/mol. The van der Waals surface area contributed by atoms with E-state index in [1.165, 1.54) is 7.11 Å². The smallest absolute Gasteiger partial charge is 0.319 e. The number of halogens is 1. The van der Waals surface area contributed by atoms with Gasteiger partial charge in [-0.05, 0) is 62.9 Å². The van der Waals surface area contributed by atoms with Crippen LogP contribution in [0.5, 0.6) is 11.9 Å². The number of fused-ring (bicyclic) bond motifs is 1. The predicted octanol–water partition coefficient (Wildman–Crippen LogP) is 5.23. The first-order valence-corrected chi connectivity index (χ1v) is 12.6. The van der Waals surface area contributed by atoms with Crippen molar-refractivity contribution in [2.24, 2.45) is 0 Å². The molecule has 2 aromatic heterocycles. The van der Waals surface area contributed by atoms with Gasteiger partial charge in [0.2, 0.25) is 5.88 Å². The van der Waals surface area contributed by atoms with E-state index in [0.29, 0.717) is 35.2 Å². The number of ether oxygens (including phenoxy) is 3. The van der Waals surface area contributed by atoms with Crippen LogP contribution in [0.1, 0.15) is 66.0 Å². The molecule has 2 aliphatic heterocycles. The lowest BCUT2D eigenvalue weighted by molar-refractivity contribution is 0.0242. The van der Waals surface area contributed by atoms with Crippen molar-refractivity contribution < 1.29 is 19.0 Å².